The van der Waals surface area contributed by atoms with E-state index in [1.54, 1.807) is 6.20 Å². The summed E-state index contributed by atoms with van der Waals surface area (Å²) in [5, 5.41) is 8.71. The van der Waals surface area contributed by atoms with Gasteiger partial charge in [-0.1, -0.05) is 18.5 Å². The molecule has 0 aliphatic carbocycles. The van der Waals surface area contributed by atoms with E-state index in [0.717, 1.165) is 45.8 Å². The summed E-state index contributed by atoms with van der Waals surface area (Å²) < 4.78 is 2.97. The number of hydrogen-bond donors (Lipinski definition) is 1. The van der Waals surface area contributed by atoms with Crippen molar-refractivity contribution in [1.29, 1.82) is 0 Å². The fraction of sp³-hybridized carbons (Fsp3) is 0.467. The number of nitrogens with one attached hydrogen (secondary N) is 1. The number of hydrogen-bond acceptors (Lipinski definition) is 3. The molecule has 2 heterocycles. The van der Waals surface area contributed by atoms with Gasteiger partial charge in [0, 0.05) is 35.9 Å². The summed E-state index contributed by atoms with van der Waals surface area (Å²) in [4.78, 5) is 4.24. The zero-order valence-electron chi connectivity index (χ0n) is 12.5. The molecule has 0 amide bonds. The summed E-state index contributed by atoms with van der Waals surface area (Å²) in [6, 6.07) is 2.23. The molecule has 0 saturated heterocycles. The number of aromatic nitrogens is 3. The molecule has 21 heavy (non-hydrogen) atoms. The number of rotatable bonds is 6. The summed E-state index contributed by atoms with van der Waals surface area (Å²) in [7, 11) is 1.95. The van der Waals surface area contributed by atoms with Gasteiger partial charge in [0.05, 0.1) is 16.4 Å². The van der Waals surface area contributed by atoms with Gasteiger partial charge in [0.1, 0.15) is 0 Å². The van der Waals surface area contributed by atoms with Crippen molar-refractivity contribution in [2.45, 2.75) is 39.3 Å². The fourth-order valence-electron chi connectivity index (χ4n) is 2.41. The summed E-state index contributed by atoms with van der Waals surface area (Å²) in [5.41, 5.74) is 3.18. The van der Waals surface area contributed by atoms with E-state index in [9.17, 15) is 0 Å². The monoisotopic (exact) mass is 370 g/mol. The molecule has 0 fully saturated rings. The number of aryl methyl sites for hydroxylation is 2. The third-order valence-electron chi connectivity index (χ3n) is 3.57. The molecule has 1 N–H and O–H groups in total. The SMILES string of the molecule is CCc1nn(CC)c(CC(NC)c2cncc(Br)c2)c1Cl. The Morgan fingerprint density at radius 1 is 1.38 bits per heavy atom. The van der Waals surface area contributed by atoms with Crippen LogP contribution in [0.3, 0.4) is 0 Å². The van der Waals surface area contributed by atoms with E-state index in [2.05, 4.69) is 51.2 Å². The second kappa shape index (κ2) is 7.38. The van der Waals surface area contributed by atoms with Crippen molar-refractivity contribution in [2.75, 3.05) is 7.05 Å². The van der Waals surface area contributed by atoms with Gasteiger partial charge in [0.15, 0.2) is 0 Å². The lowest BCUT2D eigenvalue weighted by atomic mass is 10.0. The van der Waals surface area contributed by atoms with Gasteiger partial charge in [-0.15, -0.1) is 0 Å². The smallest absolute Gasteiger partial charge is 0.0850 e. The van der Waals surface area contributed by atoms with Gasteiger partial charge < -0.3 is 5.32 Å². The summed E-state index contributed by atoms with van der Waals surface area (Å²) >= 11 is 9.96. The first-order chi connectivity index (χ1) is 10.1. The first kappa shape index (κ1) is 16.5. The lowest BCUT2D eigenvalue weighted by Gasteiger charge is -2.17. The molecule has 2 aromatic rings. The normalized spacial score (nSPS) is 12.6. The molecule has 2 aromatic heterocycles. The lowest BCUT2D eigenvalue weighted by molar-refractivity contribution is 0.539. The van der Waals surface area contributed by atoms with Crippen molar-refractivity contribution in [3.8, 4) is 0 Å². The third-order valence-corrected chi connectivity index (χ3v) is 4.44. The summed E-state index contributed by atoms with van der Waals surface area (Å²) in [5.74, 6) is 0. The van der Waals surface area contributed by atoms with Gasteiger partial charge in [-0.2, -0.15) is 5.10 Å². The van der Waals surface area contributed by atoms with Crippen LogP contribution in [0.1, 0.15) is 36.8 Å². The molecule has 1 atom stereocenters. The molecule has 0 spiro atoms. The molecule has 4 nitrogen and oxygen atoms in total. The Morgan fingerprint density at radius 3 is 2.71 bits per heavy atom. The van der Waals surface area contributed by atoms with E-state index in [1.165, 1.54) is 0 Å². The van der Waals surface area contributed by atoms with Crippen molar-refractivity contribution in [2.24, 2.45) is 0 Å². The molecular formula is C15H20BrClN4. The predicted octanol–water partition coefficient (Wildman–Crippen LogP) is 3.78. The van der Waals surface area contributed by atoms with Crippen LogP contribution in [0.4, 0.5) is 0 Å². The maximum absolute atomic E-state index is 6.49. The molecule has 2 rings (SSSR count). The highest BCUT2D eigenvalue weighted by Gasteiger charge is 2.19. The quantitative estimate of drug-likeness (QED) is 0.840. The average molecular weight is 372 g/mol. The first-order valence-corrected chi connectivity index (χ1v) is 8.29. The molecule has 6 heteroatoms. The van der Waals surface area contributed by atoms with Crippen molar-refractivity contribution < 1.29 is 0 Å². The maximum atomic E-state index is 6.49. The second-order valence-electron chi connectivity index (χ2n) is 4.86. The van der Waals surface area contributed by atoms with Gasteiger partial charge in [0.2, 0.25) is 0 Å². The molecule has 0 radical (unpaired) electrons. The minimum Gasteiger partial charge on any atom is -0.313 e. The number of pyridine rings is 1. The van der Waals surface area contributed by atoms with E-state index in [0.29, 0.717) is 0 Å². The van der Waals surface area contributed by atoms with Crippen molar-refractivity contribution in [3.63, 3.8) is 0 Å². The summed E-state index contributed by atoms with van der Waals surface area (Å²) in [6.07, 6.45) is 5.30. The highest BCUT2D eigenvalue weighted by molar-refractivity contribution is 9.10. The van der Waals surface area contributed by atoms with Crippen molar-refractivity contribution >= 4 is 27.5 Å². The van der Waals surface area contributed by atoms with Crippen molar-refractivity contribution in [3.05, 3.63) is 44.9 Å². The average Bonchev–Trinajstić information content (AvgIpc) is 2.80. The van der Waals surface area contributed by atoms with Crippen LogP contribution < -0.4 is 5.32 Å². The Balaban J connectivity index is 2.32. The Labute approximate surface area is 139 Å². The molecule has 0 saturated carbocycles. The van der Waals surface area contributed by atoms with Crippen LogP contribution in [0.2, 0.25) is 5.02 Å². The highest BCUT2D eigenvalue weighted by Crippen LogP contribution is 2.27. The Kier molecular flexibility index (Phi) is 5.79. The van der Waals surface area contributed by atoms with Crippen molar-refractivity contribution in [1.82, 2.24) is 20.1 Å². The van der Waals surface area contributed by atoms with Crippen LogP contribution in [-0.2, 0) is 19.4 Å². The van der Waals surface area contributed by atoms with E-state index in [1.807, 2.05) is 17.9 Å². The van der Waals surface area contributed by atoms with Gasteiger partial charge in [-0.05, 0) is 48.0 Å². The molecule has 0 aromatic carbocycles. The minimum absolute atomic E-state index is 0.152. The topological polar surface area (TPSA) is 42.7 Å². The zero-order chi connectivity index (χ0) is 15.4. The minimum atomic E-state index is 0.152. The Hall–Kier alpha value is -0.910. The molecule has 1 unspecified atom stereocenters. The van der Waals surface area contributed by atoms with Crippen LogP contribution in [0.5, 0.6) is 0 Å². The second-order valence-corrected chi connectivity index (χ2v) is 6.15. The Morgan fingerprint density at radius 2 is 2.14 bits per heavy atom. The first-order valence-electron chi connectivity index (χ1n) is 7.12. The zero-order valence-corrected chi connectivity index (χ0v) is 14.9. The van der Waals surface area contributed by atoms with E-state index < -0.39 is 0 Å². The molecule has 0 aliphatic rings. The van der Waals surface area contributed by atoms with Crippen LogP contribution in [-0.4, -0.2) is 21.8 Å². The molecule has 0 aliphatic heterocycles. The van der Waals surface area contributed by atoms with Gasteiger partial charge in [-0.25, -0.2) is 0 Å². The molecule has 0 bridgehead atoms. The number of nitrogens with zero attached hydrogens (tertiary/aromatic N) is 3. The third kappa shape index (κ3) is 3.65. The van der Waals surface area contributed by atoms with E-state index >= 15 is 0 Å². The van der Waals surface area contributed by atoms with Crippen LogP contribution in [0.15, 0.2) is 22.9 Å². The van der Waals surface area contributed by atoms with E-state index in [4.69, 9.17) is 11.6 Å². The molecular weight excluding hydrogens is 352 g/mol. The standard InChI is InChI=1S/C15H20BrClN4/c1-4-12-15(17)14(21(5-2)20-12)7-13(18-3)10-6-11(16)9-19-8-10/h6,8-9,13,18H,4-5,7H2,1-3H3. The van der Waals surface area contributed by atoms with Crippen LogP contribution in [0.25, 0.3) is 0 Å². The highest BCUT2D eigenvalue weighted by atomic mass is 79.9. The largest absolute Gasteiger partial charge is 0.313 e. The number of likely N-dealkylation sites (N-methyl/N-ethyl adjacent to an activating group) is 1. The van der Waals surface area contributed by atoms with E-state index in [-0.39, 0.29) is 6.04 Å². The molecule has 114 valence electrons. The van der Waals surface area contributed by atoms with Gasteiger partial charge in [-0.3, -0.25) is 9.67 Å². The predicted molar refractivity (Wildman–Crippen MR) is 89.7 cm³/mol. The van der Waals surface area contributed by atoms with Crippen LogP contribution in [0, 0.1) is 0 Å². The Bertz CT molecular complexity index is 612. The fourth-order valence-corrected chi connectivity index (χ4v) is 3.14. The lowest BCUT2D eigenvalue weighted by Crippen LogP contribution is -2.21. The summed E-state index contributed by atoms with van der Waals surface area (Å²) in [6.45, 7) is 4.98. The maximum Gasteiger partial charge on any atom is 0.0850 e. The van der Waals surface area contributed by atoms with Gasteiger partial charge >= 0.3 is 0 Å². The number of halogens is 2. The van der Waals surface area contributed by atoms with Gasteiger partial charge in [0.25, 0.3) is 0 Å². The van der Waals surface area contributed by atoms with Crippen LogP contribution >= 0.6 is 27.5 Å².